The van der Waals surface area contributed by atoms with Crippen LogP contribution in [0.4, 0.5) is 0 Å². The molecule has 0 saturated heterocycles. The second kappa shape index (κ2) is 2.89. The molecule has 0 N–H and O–H groups in total. The van der Waals surface area contributed by atoms with Crippen LogP contribution in [0.1, 0.15) is 20.3 Å². The Morgan fingerprint density at radius 2 is 2.45 bits per heavy atom. The number of Topliss-reactive ketones (excluding diaryl/α,β-unsaturated/α-hetero) is 1. The SMILES string of the molecule is C=C(C)C1C=C=C(C)C(=O)C1. The molecule has 0 heterocycles. The highest BCUT2D eigenvalue weighted by Gasteiger charge is 2.16. The van der Waals surface area contributed by atoms with Crippen LogP contribution in [0.2, 0.25) is 0 Å². The molecule has 1 heteroatoms. The van der Waals surface area contributed by atoms with Gasteiger partial charge in [0.05, 0.1) is 0 Å². The fraction of sp³-hybridized carbons (Fsp3) is 0.400. The highest BCUT2D eigenvalue weighted by atomic mass is 16.1. The maximum absolute atomic E-state index is 11.1. The van der Waals surface area contributed by atoms with E-state index in [9.17, 15) is 4.79 Å². The molecule has 0 saturated carbocycles. The first-order valence-electron chi connectivity index (χ1n) is 3.73. The van der Waals surface area contributed by atoms with Gasteiger partial charge in [-0.3, -0.25) is 4.79 Å². The van der Waals surface area contributed by atoms with Crippen LogP contribution >= 0.6 is 0 Å². The topological polar surface area (TPSA) is 17.1 Å². The maximum Gasteiger partial charge on any atom is 0.167 e. The molecule has 1 atom stereocenters. The number of carbonyl (C=O) groups is 1. The highest BCUT2D eigenvalue weighted by molar-refractivity contribution is 5.95. The second-order valence-corrected chi connectivity index (χ2v) is 3.02. The van der Waals surface area contributed by atoms with Gasteiger partial charge in [-0.15, -0.1) is 5.73 Å². The van der Waals surface area contributed by atoms with Crippen molar-refractivity contribution in [3.8, 4) is 0 Å². The number of allylic oxidation sites excluding steroid dienone is 2. The summed E-state index contributed by atoms with van der Waals surface area (Å²) in [7, 11) is 0. The molecule has 11 heavy (non-hydrogen) atoms. The predicted octanol–water partition coefficient (Wildman–Crippen LogP) is 2.25. The lowest BCUT2D eigenvalue weighted by Crippen LogP contribution is -2.10. The fourth-order valence-electron chi connectivity index (χ4n) is 1.03. The molecule has 0 aromatic rings. The van der Waals surface area contributed by atoms with Gasteiger partial charge < -0.3 is 0 Å². The Labute approximate surface area is 67.1 Å². The number of carbonyl (C=O) groups excluding carboxylic acids is 1. The third-order valence-electron chi connectivity index (χ3n) is 1.96. The molecule has 0 aliphatic heterocycles. The van der Waals surface area contributed by atoms with Crippen molar-refractivity contribution >= 4 is 5.78 Å². The molecule has 0 radical (unpaired) electrons. The van der Waals surface area contributed by atoms with Gasteiger partial charge in [0.15, 0.2) is 5.78 Å². The zero-order chi connectivity index (χ0) is 8.43. The van der Waals surface area contributed by atoms with Gasteiger partial charge in [0.25, 0.3) is 0 Å². The van der Waals surface area contributed by atoms with E-state index in [4.69, 9.17) is 0 Å². The summed E-state index contributed by atoms with van der Waals surface area (Å²) in [6, 6.07) is 0. The van der Waals surface area contributed by atoms with Crippen molar-refractivity contribution in [3.05, 3.63) is 29.5 Å². The van der Waals surface area contributed by atoms with E-state index in [1.165, 1.54) is 0 Å². The lowest BCUT2D eigenvalue weighted by Gasteiger charge is -2.13. The Kier molecular flexibility index (Phi) is 2.11. The number of hydrogen-bond acceptors (Lipinski definition) is 1. The summed E-state index contributed by atoms with van der Waals surface area (Å²) in [4.78, 5) is 11.1. The van der Waals surface area contributed by atoms with Crippen molar-refractivity contribution in [2.45, 2.75) is 20.3 Å². The predicted molar refractivity (Wildman–Crippen MR) is 45.2 cm³/mol. The molecule has 1 aliphatic carbocycles. The Bertz CT molecular complexity index is 265. The third kappa shape index (κ3) is 1.69. The van der Waals surface area contributed by atoms with E-state index < -0.39 is 0 Å². The monoisotopic (exact) mass is 148 g/mol. The van der Waals surface area contributed by atoms with Gasteiger partial charge in [-0.25, -0.2) is 0 Å². The largest absolute Gasteiger partial charge is 0.294 e. The van der Waals surface area contributed by atoms with Crippen molar-refractivity contribution in [3.63, 3.8) is 0 Å². The average molecular weight is 148 g/mol. The van der Waals surface area contributed by atoms with Crippen molar-refractivity contribution in [2.24, 2.45) is 5.92 Å². The minimum atomic E-state index is 0.195. The molecular formula is C10H12O. The second-order valence-electron chi connectivity index (χ2n) is 3.02. The van der Waals surface area contributed by atoms with Gasteiger partial charge in [0, 0.05) is 17.9 Å². The van der Waals surface area contributed by atoms with Gasteiger partial charge in [-0.05, 0) is 19.9 Å². The lowest BCUT2D eigenvalue weighted by atomic mass is 9.90. The van der Waals surface area contributed by atoms with E-state index in [1.54, 1.807) is 6.92 Å². The molecule has 1 unspecified atom stereocenters. The van der Waals surface area contributed by atoms with Gasteiger partial charge >= 0.3 is 0 Å². The number of ketones is 1. The van der Waals surface area contributed by atoms with Gasteiger partial charge in [0.2, 0.25) is 0 Å². The standard InChI is InChI=1S/C10H12O/c1-7(2)9-5-4-8(3)10(11)6-9/h5,9H,1,6H2,2-3H3. The van der Waals surface area contributed by atoms with Crippen LogP contribution in [0, 0.1) is 5.92 Å². The van der Waals surface area contributed by atoms with Crippen molar-refractivity contribution in [1.29, 1.82) is 0 Å². The first kappa shape index (κ1) is 8.03. The summed E-state index contributed by atoms with van der Waals surface area (Å²) < 4.78 is 0. The normalized spacial score (nSPS) is 23.3. The third-order valence-corrected chi connectivity index (χ3v) is 1.96. The molecule has 0 aromatic heterocycles. The van der Waals surface area contributed by atoms with Crippen LogP contribution in [-0.4, -0.2) is 5.78 Å². The maximum atomic E-state index is 11.1. The molecule has 1 aliphatic rings. The Morgan fingerprint density at radius 3 is 2.91 bits per heavy atom. The minimum Gasteiger partial charge on any atom is -0.294 e. The van der Waals surface area contributed by atoms with Crippen molar-refractivity contribution in [1.82, 2.24) is 0 Å². The minimum absolute atomic E-state index is 0.195. The summed E-state index contributed by atoms with van der Waals surface area (Å²) in [6.45, 7) is 7.55. The van der Waals surface area contributed by atoms with Gasteiger partial charge in [-0.2, -0.15) is 0 Å². The van der Waals surface area contributed by atoms with Crippen molar-refractivity contribution < 1.29 is 4.79 Å². The summed E-state index contributed by atoms with van der Waals surface area (Å²) in [6.07, 6.45) is 2.51. The van der Waals surface area contributed by atoms with Crippen LogP contribution in [-0.2, 0) is 4.79 Å². The van der Waals surface area contributed by atoms with E-state index in [1.807, 2.05) is 13.0 Å². The van der Waals surface area contributed by atoms with E-state index in [2.05, 4.69) is 12.3 Å². The average Bonchev–Trinajstić information content (AvgIpc) is 1.94. The number of rotatable bonds is 1. The Hall–Kier alpha value is -1.07. The molecule has 1 nitrogen and oxygen atoms in total. The summed E-state index contributed by atoms with van der Waals surface area (Å²) in [5, 5.41) is 0. The van der Waals surface area contributed by atoms with Crippen LogP contribution in [0.25, 0.3) is 0 Å². The quantitative estimate of drug-likeness (QED) is 0.411. The van der Waals surface area contributed by atoms with Crippen molar-refractivity contribution in [2.75, 3.05) is 0 Å². The van der Waals surface area contributed by atoms with Crippen LogP contribution in [0.15, 0.2) is 29.5 Å². The van der Waals surface area contributed by atoms with E-state index in [-0.39, 0.29) is 11.7 Å². The van der Waals surface area contributed by atoms with Gasteiger partial charge in [-0.1, -0.05) is 12.2 Å². The molecule has 0 spiro atoms. The lowest BCUT2D eigenvalue weighted by molar-refractivity contribution is -0.116. The zero-order valence-corrected chi connectivity index (χ0v) is 6.98. The van der Waals surface area contributed by atoms with Crippen LogP contribution in [0.3, 0.4) is 0 Å². The smallest absolute Gasteiger partial charge is 0.167 e. The molecule has 0 fully saturated rings. The van der Waals surface area contributed by atoms with Gasteiger partial charge in [0.1, 0.15) is 0 Å². The van der Waals surface area contributed by atoms with Crippen LogP contribution in [0.5, 0.6) is 0 Å². The summed E-state index contributed by atoms with van der Waals surface area (Å²) in [5.74, 6) is 0.409. The first-order valence-corrected chi connectivity index (χ1v) is 3.73. The fourth-order valence-corrected chi connectivity index (χ4v) is 1.03. The van der Waals surface area contributed by atoms with Crippen LogP contribution < -0.4 is 0 Å². The number of hydrogen-bond donors (Lipinski definition) is 0. The molecule has 0 amide bonds. The van der Waals surface area contributed by atoms with E-state index in [0.29, 0.717) is 6.42 Å². The molecule has 58 valence electrons. The van der Waals surface area contributed by atoms with E-state index in [0.717, 1.165) is 11.1 Å². The molecular weight excluding hydrogens is 136 g/mol. The Balaban J connectivity index is 2.90. The molecule has 1 rings (SSSR count). The molecule has 0 bridgehead atoms. The first-order chi connectivity index (χ1) is 5.11. The Morgan fingerprint density at radius 1 is 1.82 bits per heavy atom. The zero-order valence-electron chi connectivity index (χ0n) is 6.98. The molecule has 0 aromatic carbocycles. The van der Waals surface area contributed by atoms with E-state index >= 15 is 0 Å². The summed E-state index contributed by atoms with van der Waals surface area (Å²) in [5.41, 5.74) is 4.72. The summed E-state index contributed by atoms with van der Waals surface area (Å²) >= 11 is 0. The highest BCUT2D eigenvalue weighted by Crippen LogP contribution is 2.20.